The molecule has 1 aromatic carbocycles. The average molecular weight is 429 g/mol. The first-order chi connectivity index (χ1) is 14.4. The van der Waals surface area contributed by atoms with Gasteiger partial charge in [-0.1, -0.05) is 6.07 Å². The lowest BCUT2D eigenvalue weighted by atomic mass is 9.99. The molecule has 3 aliphatic carbocycles. The van der Waals surface area contributed by atoms with Gasteiger partial charge in [0.1, 0.15) is 0 Å². The monoisotopic (exact) mass is 428 g/mol. The summed E-state index contributed by atoms with van der Waals surface area (Å²) in [6.07, 6.45) is 9.39. The van der Waals surface area contributed by atoms with E-state index in [-0.39, 0.29) is 16.2 Å². The lowest BCUT2D eigenvalue weighted by molar-refractivity contribution is 0.144. The second-order valence-corrected chi connectivity index (χ2v) is 10.7. The van der Waals surface area contributed by atoms with E-state index >= 15 is 0 Å². The fourth-order valence-corrected chi connectivity index (χ4v) is 6.13. The molecule has 1 spiro atoms. The molecule has 4 aliphatic rings. The molecule has 6 rings (SSSR count). The maximum Gasteiger partial charge on any atom is 0.333 e. The normalized spacial score (nSPS) is 20.3. The molecule has 2 heterocycles. The van der Waals surface area contributed by atoms with Crippen LogP contribution in [0.15, 0.2) is 17.2 Å². The van der Waals surface area contributed by atoms with Crippen LogP contribution in [0.2, 0.25) is 0 Å². The average Bonchev–Trinajstić information content (AvgIpc) is 3.13. The molecule has 30 heavy (non-hydrogen) atoms. The fourth-order valence-electron chi connectivity index (χ4n) is 5.15. The van der Waals surface area contributed by atoms with Gasteiger partial charge in [-0.25, -0.2) is 22.6 Å². The van der Waals surface area contributed by atoms with Crippen LogP contribution in [0.5, 0.6) is 5.88 Å². The van der Waals surface area contributed by atoms with Crippen LogP contribution in [0.25, 0.3) is 0 Å². The van der Waals surface area contributed by atoms with Crippen molar-refractivity contribution in [3.8, 4) is 5.88 Å². The van der Waals surface area contributed by atoms with Gasteiger partial charge in [-0.3, -0.25) is 0 Å². The Morgan fingerprint density at radius 2 is 1.80 bits per heavy atom. The number of rotatable bonds is 3. The summed E-state index contributed by atoms with van der Waals surface area (Å²) in [6.45, 7) is 1.15. The Labute approximate surface area is 175 Å². The van der Waals surface area contributed by atoms with E-state index in [0.717, 1.165) is 68.2 Å². The zero-order valence-electron chi connectivity index (χ0n) is 16.7. The molecule has 158 valence electrons. The summed E-state index contributed by atoms with van der Waals surface area (Å²) in [6, 6.07) is 1.53. The molecule has 0 radical (unpaired) electrons. The van der Waals surface area contributed by atoms with Crippen LogP contribution in [0.1, 0.15) is 47.9 Å². The maximum atomic E-state index is 12.9. The number of amides is 2. The Bertz CT molecular complexity index is 1150. The van der Waals surface area contributed by atoms with E-state index < -0.39 is 16.1 Å². The van der Waals surface area contributed by atoms with Crippen molar-refractivity contribution >= 4 is 21.7 Å². The SMILES string of the molecule is O=C(Nc1c2c(cc3c1CCC3)CCC2)NS(=O)(=O)c1cnn2c1OCC1(CC1)C2. The Balaban J connectivity index is 1.25. The first kappa shape index (κ1) is 18.2. The molecule has 1 aromatic heterocycles. The van der Waals surface area contributed by atoms with Crippen LogP contribution < -0.4 is 14.8 Å². The number of carbonyl (C=O) groups excluding carboxylic acids is 1. The minimum Gasteiger partial charge on any atom is -0.476 e. The number of carbonyl (C=O) groups is 1. The highest BCUT2D eigenvalue weighted by Crippen LogP contribution is 2.50. The largest absolute Gasteiger partial charge is 0.476 e. The first-order valence-corrected chi connectivity index (χ1v) is 12.1. The number of anilines is 1. The summed E-state index contributed by atoms with van der Waals surface area (Å²) in [4.78, 5) is 12.6. The number of aromatic nitrogens is 2. The number of hydrogen-bond acceptors (Lipinski definition) is 5. The van der Waals surface area contributed by atoms with Gasteiger partial charge in [0.25, 0.3) is 10.0 Å². The summed E-state index contributed by atoms with van der Waals surface area (Å²) in [5.74, 6) is 0.217. The molecule has 0 atom stereocenters. The summed E-state index contributed by atoms with van der Waals surface area (Å²) >= 11 is 0. The number of fused-ring (bicyclic) bond motifs is 3. The molecule has 1 aliphatic heterocycles. The number of nitrogens with one attached hydrogen (secondary N) is 2. The maximum absolute atomic E-state index is 12.9. The Kier molecular flexibility index (Phi) is 3.79. The van der Waals surface area contributed by atoms with Crippen molar-refractivity contribution < 1.29 is 17.9 Å². The predicted molar refractivity (Wildman–Crippen MR) is 109 cm³/mol. The molecule has 9 heteroatoms. The van der Waals surface area contributed by atoms with Crippen LogP contribution >= 0.6 is 0 Å². The predicted octanol–water partition coefficient (Wildman–Crippen LogP) is 2.54. The lowest BCUT2D eigenvalue weighted by Crippen LogP contribution is -2.35. The summed E-state index contributed by atoms with van der Waals surface area (Å²) < 4.78 is 35.3. The van der Waals surface area contributed by atoms with Crippen LogP contribution in [-0.2, 0) is 42.3 Å². The van der Waals surface area contributed by atoms with Gasteiger partial charge in [-0.05, 0) is 73.6 Å². The van der Waals surface area contributed by atoms with E-state index in [1.807, 2.05) is 0 Å². The highest BCUT2D eigenvalue weighted by molar-refractivity contribution is 7.90. The van der Waals surface area contributed by atoms with Gasteiger partial charge in [-0.2, -0.15) is 5.10 Å². The number of nitrogens with zero attached hydrogens (tertiary/aromatic N) is 2. The third kappa shape index (κ3) is 2.82. The molecule has 0 bridgehead atoms. The number of benzene rings is 1. The van der Waals surface area contributed by atoms with Crippen molar-refractivity contribution in [2.75, 3.05) is 11.9 Å². The van der Waals surface area contributed by atoms with Gasteiger partial charge in [0.15, 0.2) is 4.90 Å². The molecule has 2 amide bonds. The number of hydrogen-bond donors (Lipinski definition) is 2. The molecule has 0 unspecified atom stereocenters. The van der Waals surface area contributed by atoms with E-state index in [9.17, 15) is 13.2 Å². The number of aryl methyl sites for hydroxylation is 2. The molecule has 1 saturated carbocycles. The van der Waals surface area contributed by atoms with Crippen molar-refractivity contribution in [1.29, 1.82) is 0 Å². The quantitative estimate of drug-likeness (QED) is 0.782. The zero-order valence-corrected chi connectivity index (χ0v) is 17.5. The van der Waals surface area contributed by atoms with Gasteiger partial charge in [0.2, 0.25) is 5.88 Å². The molecule has 0 saturated heterocycles. The fraction of sp³-hybridized carbons (Fsp3) is 0.524. The Morgan fingerprint density at radius 1 is 1.10 bits per heavy atom. The minimum atomic E-state index is -4.09. The summed E-state index contributed by atoms with van der Waals surface area (Å²) in [7, 11) is -4.09. The molecule has 1 fully saturated rings. The van der Waals surface area contributed by atoms with E-state index in [0.29, 0.717) is 13.2 Å². The third-order valence-corrected chi connectivity index (χ3v) is 8.26. The highest BCUT2D eigenvalue weighted by atomic mass is 32.2. The Hall–Kier alpha value is -2.55. The van der Waals surface area contributed by atoms with Gasteiger partial charge in [0, 0.05) is 11.1 Å². The number of ether oxygens (including phenoxy) is 1. The highest BCUT2D eigenvalue weighted by Gasteiger charge is 2.48. The van der Waals surface area contributed by atoms with Crippen molar-refractivity contribution in [2.24, 2.45) is 5.41 Å². The number of urea groups is 1. The minimum absolute atomic E-state index is 0.0864. The molecule has 2 aromatic rings. The second-order valence-electron chi connectivity index (χ2n) is 9.05. The second kappa shape index (κ2) is 6.23. The molecular weight excluding hydrogens is 404 g/mol. The van der Waals surface area contributed by atoms with Crippen molar-refractivity contribution in [3.63, 3.8) is 0 Å². The molecule has 2 N–H and O–H groups in total. The van der Waals surface area contributed by atoms with E-state index in [4.69, 9.17) is 4.74 Å². The number of sulfonamides is 1. The summed E-state index contributed by atoms with van der Waals surface area (Å²) in [5.41, 5.74) is 5.80. The smallest absolute Gasteiger partial charge is 0.333 e. The standard InChI is InChI=1S/C21H24N4O4S/c26-20(23-18-15-5-1-3-13(15)9-14-4-2-6-16(14)18)24-30(27,28)17-10-22-25-11-21(7-8-21)12-29-19(17)25/h9-10H,1-8,11-12H2,(H2,23,24,26). The third-order valence-electron chi connectivity index (χ3n) is 6.95. The van der Waals surface area contributed by atoms with Crippen LogP contribution in [0.4, 0.5) is 10.5 Å². The van der Waals surface area contributed by atoms with E-state index in [2.05, 4.69) is 21.2 Å². The van der Waals surface area contributed by atoms with Crippen molar-refractivity contribution in [3.05, 3.63) is 34.5 Å². The van der Waals surface area contributed by atoms with Crippen molar-refractivity contribution in [1.82, 2.24) is 14.5 Å². The van der Waals surface area contributed by atoms with Crippen LogP contribution in [0, 0.1) is 5.41 Å². The van der Waals surface area contributed by atoms with Gasteiger partial charge >= 0.3 is 6.03 Å². The zero-order chi connectivity index (χ0) is 20.5. The Morgan fingerprint density at radius 3 is 2.47 bits per heavy atom. The lowest BCUT2D eigenvalue weighted by Gasteiger charge is -2.24. The summed E-state index contributed by atoms with van der Waals surface area (Å²) in [5, 5.41) is 7.05. The first-order valence-electron chi connectivity index (χ1n) is 10.6. The topological polar surface area (TPSA) is 102 Å². The van der Waals surface area contributed by atoms with Crippen LogP contribution in [0.3, 0.4) is 0 Å². The van der Waals surface area contributed by atoms with E-state index in [1.54, 1.807) is 4.68 Å². The van der Waals surface area contributed by atoms with Crippen molar-refractivity contribution in [2.45, 2.75) is 62.8 Å². The molecule has 8 nitrogen and oxygen atoms in total. The van der Waals surface area contributed by atoms with Crippen LogP contribution in [-0.4, -0.2) is 30.8 Å². The molecular formula is C21H24N4O4S. The van der Waals surface area contributed by atoms with Gasteiger partial charge < -0.3 is 10.1 Å². The van der Waals surface area contributed by atoms with Gasteiger partial charge in [-0.15, -0.1) is 0 Å². The van der Waals surface area contributed by atoms with Gasteiger partial charge in [0.05, 0.1) is 19.3 Å². The van der Waals surface area contributed by atoms with E-state index in [1.165, 1.54) is 17.3 Å².